The molecule has 1 N–H and O–H groups in total. The fourth-order valence-electron chi connectivity index (χ4n) is 1.13. The first kappa shape index (κ1) is 12.5. The molecular formula is C12H11BrO3. The van der Waals surface area contributed by atoms with Crippen molar-refractivity contribution >= 4 is 28.0 Å². The topological polar surface area (TPSA) is 46.5 Å². The number of aliphatic carboxylic acids is 1. The van der Waals surface area contributed by atoms with Crippen molar-refractivity contribution in [3.63, 3.8) is 0 Å². The summed E-state index contributed by atoms with van der Waals surface area (Å²) in [5.74, 6) is -0.228. The maximum Gasteiger partial charge on any atom is 0.328 e. The van der Waals surface area contributed by atoms with E-state index in [4.69, 9.17) is 9.84 Å². The number of carbonyl (C=O) groups is 1. The summed E-state index contributed by atoms with van der Waals surface area (Å²) in [5.41, 5.74) is 0.881. The lowest BCUT2D eigenvalue weighted by Gasteiger charge is -2.04. The Balaban J connectivity index is 2.87. The average Bonchev–Trinajstić information content (AvgIpc) is 2.24. The highest BCUT2D eigenvalue weighted by Crippen LogP contribution is 2.23. The summed E-state index contributed by atoms with van der Waals surface area (Å²) < 4.78 is 6.11. The summed E-state index contributed by atoms with van der Waals surface area (Å²) in [5, 5.41) is 8.40. The fourth-order valence-corrected chi connectivity index (χ4v) is 1.51. The standard InChI is InChI=1S/C12H11BrO3/c1-16-11-7-6-10(13)8-9(11)4-2-3-5-12(14)15/h2-8H,1H3,(H,14,15)/b4-2+,5-3+. The second-order valence-electron chi connectivity index (χ2n) is 2.94. The lowest BCUT2D eigenvalue weighted by molar-refractivity contribution is -0.131. The third-order valence-electron chi connectivity index (χ3n) is 1.82. The molecule has 0 bridgehead atoms. The van der Waals surface area contributed by atoms with Crippen molar-refractivity contribution in [3.05, 3.63) is 46.5 Å². The summed E-state index contributed by atoms with van der Waals surface area (Å²) in [6.45, 7) is 0. The van der Waals surface area contributed by atoms with E-state index in [-0.39, 0.29) is 0 Å². The minimum absolute atomic E-state index is 0.739. The van der Waals surface area contributed by atoms with Gasteiger partial charge in [-0.15, -0.1) is 0 Å². The van der Waals surface area contributed by atoms with Crippen molar-refractivity contribution in [2.45, 2.75) is 0 Å². The van der Waals surface area contributed by atoms with Gasteiger partial charge in [-0.2, -0.15) is 0 Å². The first-order valence-electron chi connectivity index (χ1n) is 4.54. The minimum Gasteiger partial charge on any atom is -0.496 e. The van der Waals surface area contributed by atoms with Gasteiger partial charge in [0.2, 0.25) is 0 Å². The van der Waals surface area contributed by atoms with Crippen LogP contribution in [-0.2, 0) is 4.79 Å². The maximum atomic E-state index is 10.2. The number of halogens is 1. The predicted molar refractivity (Wildman–Crippen MR) is 66.5 cm³/mol. The van der Waals surface area contributed by atoms with Crippen LogP contribution in [0.1, 0.15) is 5.56 Å². The Bertz CT molecular complexity index is 436. The van der Waals surface area contributed by atoms with Crippen LogP contribution in [0.5, 0.6) is 5.75 Å². The van der Waals surface area contributed by atoms with Gasteiger partial charge < -0.3 is 9.84 Å². The molecule has 0 saturated heterocycles. The Labute approximate surface area is 102 Å². The van der Waals surface area contributed by atoms with Crippen molar-refractivity contribution in [1.82, 2.24) is 0 Å². The van der Waals surface area contributed by atoms with Gasteiger partial charge >= 0.3 is 5.97 Å². The van der Waals surface area contributed by atoms with Crippen LogP contribution in [0.2, 0.25) is 0 Å². The van der Waals surface area contributed by atoms with Crippen LogP contribution in [-0.4, -0.2) is 18.2 Å². The minimum atomic E-state index is -0.967. The van der Waals surface area contributed by atoms with E-state index in [9.17, 15) is 4.79 Å². The van der Waals surface area contributed by atoms with E-state index in [1.165, 1.54) is 6.08 Å². The first-order valence-corrected chi connectivity index (χ1v) is 5.34. The van der Waals surface area contributed by atoms with Crippen molar-refractivity contribution in [2.24, 2.45) is 0 Å². The molecule has 0 aliphatic rings. The van der Waals surface area contributed by atoms with E-state index in [1.54, 1.807) is 19.3 Å². The molecule has 0 aliphatic carbocycles. The predicted octanol–water partition coefficient (Wildman–Crippen LogP) is 3.11. The number of allylic oxidation sites excluding steroid dienone is 2. The van der Waals surface area contributed by atoms with Crippen LogP contribution in [0.25, 0.3) is 6.08 Å². The third kappa shape index (κ3) is 3.90. The molecular weight excluding hydrogens is 272 g/mol. The van der Waals surface area contributed by atoms with Crippen molar-refractivity contribution in [1.29, 1.82) is 0 Å². The molecule has 3 nitrogen and oxygen atoms in total. The molecule has 0 heterocycles. The zero-order valence-electron chi connectivity index (χ0n) is 8.68. The molecule has 84 valence electrons. The number of ether oxygens (including phenoxy) is 1. The van der Waals surface area contributed by atoms with E-state index in [2.05, 4.69) is 15.9 Å². The van der Waals surface area contributed by atoms with Crippen LogP contribution in [0.3, 0.4) is 0 Å². The molecule has 0 aliphatic heterocycles. The van der Waals surface area contributed by atoms with Gasteiger partial charge in [-0.25, -0.2) is 4.79 Å². The van der Waals surface area contributed by atoms with Gasteiger partial charge in [0.25, 0.3) is 0 Å². The van der Waals surface area contributed by atoms with Crippen LogP contribution >= 0.6 is 15.9 Å². The Hall–Kier alpha value is -1.55. The van der Waals surface area contributed by atoms with E-state index in [1.807, 2.05) is 18.2 Å². The van der Waals surface area contributed by atoms with Crippen molar-refractivity contribution in [2.75, 3.05) is 7.11 Å². The second-order valence-corrected chi connectivity index (χ2v) is 3.86. The zero-order chi connectivity index (χ0) is 12.0. The average molecular weight is 283 g/mol. The SMILES string of the molecule is COc1ccc(Br)cc1/C=C/C=C/C(=O)O. The van der Waals surface area contributed by atoms with Gasteiger partial charge in [0.1, 0.15) is 5.75 Å². The maximum absolute atomic E-state index is 10.2. The molecule has 1 aromatic rings. The van der Waals surface area contributed by atoms with Crippen LogP contribution in [0.4, 0.5) is 0 Å². The van der Waals surface area contributed by atoms with E-state index < -0.39 is 5.97 Å². The molecule has 0 radical (unpaired) electrons. The lowest BCUT2D eigenvalue weighted by atomic mass is 10.2. The van der Waals surface area contributed by atoms with Crippen LogP contribution < -0.4 is 4.74 Å². The number of methoxy groups -OCH3 is 1. The quantitative estimate of drug-likeness (QED) is 0.682. The summed E-state index contributed by atoms with van der Waals surface area (Å²) in [7, 11) is 1.59. The van der Waals surface area contributed by atoms with Crippen molar-refractivity contribution < 1.29 is 14.6 Å². The highest BCUT2D eigenvalue weighted by molar-refractivity contribution is 9.10. The molecule has 1 aromatic carbocycles. The number of rotatable bonds is 4. The third-order valence-corrected chi connectivity index (χ3v) is 2.31. The van der Waals surface area contributed by atoms with Crippen LogP contribution in [0, 0.1) is 0 Å². The fraction of sp³-hybridized carbons (Fsp3) is 0.0833. The van der Waals surface area contributed by atoms with Gasteiger partial charge in [0.05, 0.1) is 7.11 Å². The normalized spacial score (nSPS) is 11.1. The summed E-state index contributed by atoms with van der Waals surface area (Å²) in [6, 6.07) is 5.61. The van der Waals surface area contributed by atoms with Gasteiger partial charge in [-0.3, -0.25) is 0 Å². The Morgan fingerprint density at radius 3 is 2.81 bits per heavy atom. The number of carboxylic acid groups (broad SMARTS) is 1. The van der Waals surface area contributed by atoms with Gasteiger partial charge in [0, 0.05) is 16.1 Å². The smallest absolute Gasteiger partial charge is 0.328 e. The highest BCUT2D eigenvalue weighted by atomic mass is 79.9. The lowest BCUT2D eigenvalue weighted by Crippen LogP contribution is -1.86. The monoisotopic (exact) mass is 282 g/mol. The molecule has 0 amide bonds. The molecule has 0 atom stereocenters. The molecule has 1 rings (SSSR count). The highest BCUT2D eigenvalue weighted by Gasteiger charge is 1.98. The first-order chi connectivity index (χ1) is 7.63. The summed E-state index contributed by atoms with van der Waals surface area (Å²) in [6.07, 6.45) is 5.96. The summed E-state index contributed by atoms with van der Waals surface area (Å²) in [4.78, 5) is 10.2. The Morgan fingerprint density at radius 1 is 1.44 bits per heavy atom. The Morgan fingerprint density at radius 2 is 2.19 bits per heavy atom. The van der Waals surface area contributed by atoms with Gasteiger partial charge in [0.15, 0.2) is 0 Å². The van der Waals surface area contributed by atoms with E-state index >= 15 is 0 Å². The molecule has 0 fully saturated rings. The second kappa shape index (κ2) is 6.12. The van der Waals surface area contributed by atoms with E-state index in [0.29, 0.717) is 0 Å². The zero-order valence-corrected chi connectivity index (χ0v) is 10.3. The molecule has 0 spiro atoms. The van der Waals surface area contributed by atoms with Gasteiger partial charge in [-0.05, 0) is 18.2 Å². The molecule has 16 heavy (non-hydrogen) atoms. The molecule has 0 saturated carbocycles. The Kier molecular flexibility index (Phi) is 4.79. The number of hydrogen-bond donors (Lipinski definition) is 1. The summed E-state index contributed by atoms with van der Waals surface area (Å²) >= 11 is 3.36. The number of benzene rings is 1. The molecule has 0 aromatic heterocycles. The van der Waals surface area contributed by atoms with Crippen LogP contribution in [0.15, 0.2) is 40.9 Å². The number of hydrogen-bond acceptors (Lipinski definition) is 2. The largest absolute Gasteiger partial charge is 0.496 e. The van der Waals surface area contributed by atoms with Crippen molar-refractivity contribution in [3.8, 4) is 5.75 Å². The molecule has 4 heteroatoms. The number of carboxylic acids is 1. The molecule has 0 unspecified atom stereocenters. The van der Waals surface area contributed by atoms with Gasteiger partial charge in [-0.1, -0.05) is 34.2 Å². The van der Waals surface area contributed by atoms with E-state index in [0.717, 1.165) is 21.9 Å².